The van der Waals surface area contributed by atoms with E-state index in [-0.39, 0.29) is 36.6 Å². The van der Waals surface area contributed by atoms with Gasteiger partial charge in [-0.2, -0.15) is 0 Å². The van der Waals surface area contributed by atoms with Gasteiger partial charge in [0.2, 0.25) is 11.3 Å². The topological polar surface area (TPSA) is 102 Å². The van der Waals surface area contributed by atoms with Crippen molar-refractivity contribution in [3.05, 3.63) is 110 Å². The molecule has 9 heteroatoms. The van der Waals surface area contributed by atoms with E-state index in [1.807, 2.05) is 36.4 Å². The first-order valence-corrected chi connectivity index (χ1v) is 11.9. The molecule has 1 saturated heterocycles. The second kappa shape index (κ2) is 10.3. The third-order valence-electron chi connectivity index (χ3n) is 6.05. The Morgan fingerprint density at radius 2 is 1.65 bits per heavy atom. The van der Waals surface area contributed by atoms with Gasteiger partial charge in [0.05, 0.1) is 5.56 Å². The van der Waals surface area contributed by atoms with Crippen molar-refractivity contribution < 1.29 is 19.1 Å². The van der Waals surface area contributed by atoms with Crippen LogP contribution in [0.25, 0.3) is 11.1 Å². The molecule has 1 N–H and O–H groups in total. The lowest BCUT2D eigenvalue weighted by molar-refractivity contribution is -0.118. The third kappa shape index (κ3) is 4.96. The Kier molecular flexibility index (Phi) is 6.74. The number of amides is 2. The van der Waals surface area contributed by atoms with Crippen LogP contribution in [0, 0.1) is 0 Å². The van der Waals surface area contributed by atoms with Crippen molar-refractivity contribution in [2.24, 2.45) is 0 Å². The number of hydrogen-bond acceptors (Lipinski definition) is 6. The van der Waals surface area contributed by atoms with Crippen LogP contribution in [0.2, 0.25) is 5.02 Å². The molecule has 1 aliphatic heterocycles. The van der Waals surface area contributed by atoms with Crippen molar-refractivity contribution in [3.63, 3.8) is 0 Å². The van der Waals surface area contributed by atoms with Gasteiger partial charge in [-0.15, -0.1) is 0 Å². The van der Waals surface area contributed by atoms with Gasteiger partial charge in [-0.1, -0.05) is 60.1 Å². The smallest absolute Gasteiger partial charge is 0.408 e. The van der Waals surface area contributed by atoms with Crippen molar-refractivity contribution >= 4 is 29.3 Å². The summed E-state index contributed by atoms with van der Waals surface area (Å²) in [6, 6.07) is 21.9. The van der Waals surface area contributed by atoms with Crippen LogP contribution in [0.5, 0.6) is 11.5 Å². The van der Waals surface area contributed by atoms with Gasteiger partial charge in [0.1, 0.15) is 29.8 Å². The first kappa shape index (κ1) is 24.3. The maximum atomic E-state index is 13.1. The van der Waals surface area contributed by atoms with Crippen LogP contribution in [-0.2, 0) is 16.1 Å². The molecule has 2 amide bonds. The Labute approximate surface area is 216 Å². The average molecular weight is 517 g/mol. The van der Waals surface area contributed by atoms with E-state index in [0.29, 0.717) is 16.3 Å². The number of nitrogens with zero attached hydrogens (tertiary/aromatic N) is 1. The average Bonchev–Trinajstić information content (AvgIpc) is 3.26. The summed E-state index contributed by atoms with van der Waals surface area (Å²) in [5, 5.41) is 2.93. The van der Waals surface area contributed by atoms with Gasteiger partial charge >= 0.3 is 6.09 Å². The number of ether oxygens (including phenoxy) is 2. The van der Waals surface area contributed by atoms with E-state index in [1.54, 1.807) is 42.5 Å². The molecule has 1 atom stereocenters. The van der Waals surface area contributed by atoms with Gasteiger partial charge in [0.25, 0.3) is 5.43 Å². The first-order valence-electron chi connectivity index (χ1n) is 11.6. The molecule has 5 rings (SSSR count). The minimum atomic E-state index is -0.884. The second-order valence-electron chi connectivity index (χ2n) is 8.47. The number of rotatable bonds is 7. The van der Waals surface area contributed by atoms with Gasteiger partial charge in [0, 0.05) is 23.2 Å². The number of nitrogens with one attached hydrogen (secondary N) is 1. The molecule has 4 aromatic carbocycles. The van der Waals surface area contributed by atoms with Crippen LogP contribution in [0.4, 0.5) is 10.5 Å². The molecule has 0 radical (unpaired) electrons. The van der Waals surface area contributed by atoms with Gasteiger partial charge < -0.3 is 19.7 Å². The SMILES string of the molecule is O=C(N[C@@H]1CCN(c2c(-c3ccc(Cl)cc3Oc3ccccc3)c(=O)c2=O)C1=O)OCc1ccccc1. The van der Waals surface area contributed by atoms with Crippen LogP contribution < -0.4 is 25.8 Å². The number of alkyl carbamates (subject to hydrolysis) is 1. The summed E-state index contributed by atoms with van der Waals surface area (Å²) >= 11 is 6.17. The summed E-state index contributed by atoms with van der Waals surface area (Å²) in [5.41, 5.74) is -0.273. The van der Waals surface area contributed by atoms with Crippen molar-refractivity contribution in [2.45, 2.75) is 19.1 Å². The molecular formula is C28H21ClN2O6. The normalized spacial score (nSPS) is 15.1. The third-order valence-corrected chi connectivity index (χ3v) is 6.28. The molecule has 0 spiro atoms. The summed E-state index contributed by atoms with van der Waals surface area (Å²) in [6.45, 7) is 0.211. The van der Waals surface area contributed by atoms with E-state index in [1.165, 1.54) is 4.90 Å². The minimum absolute atomic E-state index is 0.0165. The standard InChI is InChI=1S/C28H21ClN2O6/c29-18-11-12-20(22(15-18)37-19-9-5-2-6-10-19)23-24(26(33)25(23)32)31-14-13-21(27(31)34)30-28(35)36-16-17-7-3-1-4-8-17/h1-12,15,21H,13-14,16H2,(H,30,35)/t21-/m1/s1. The van der Waals surface area contributed by atoms with Gasteiger partial charge in [0.15, 0.2) is 0 Å². The maximum absolute atomic E-state index is 13.1. The van der Waals surface area contributed by atoms with E-state index >= 15 is 0 Å². The maximum Gasteiger partial charge on any atom is 0.408 e. The van der Waals surface area contributed by atoms with Gasteiger partial charge in [-0.3, -0.25) is 14.4 Å². The van der Waals surface area contributed by atoms with E-state index in [0.717, 1.165) is 5.56 Å². The predicted molar refractivity (Wildman–Crippen MR) is 139 cm³/mol. The number of hydrogen-bond donors (Lipinski definition) is 1. The largest absolute Gasteiger partial charge is 0.457 e. The molecule has 0 saturated carbocycles. The Hall–Kier alpha value is -4.43. The van der Waals surface area contributed by atoms with Crippen LogP contribution in [0.15, 0.2) is 88.5 Å². The Morgan fingerprint density at radius 3 is 2.38 bits per heavy atom. The second-order valence-corrected chi connectivity index (χ2v) is 8.91. The lowest BCUT2D eigenvalue weighted by Gasteiger charge is -2.22. The fourth-order valence-corrected chi connectivity index (χ4v) is 4.39. The predicted octanol–water partition coefficient (Wildman–Crippen LogP) is 4.43. The zero-order valence-electron chi connectivity index (χ0n) is 19.5. The molecule has 1 fully saturated rings. The van der Waals surface area contributed by atoms with E-state index in [2.05, 4.69) is 5.32 Å². The first-order chi connectivity index (χ1) is 17.9. The monoisotopic (exact) mass is 516 g/mol. The van der Waals surface area contributed by atoms with E-state index < -0.39 is 28.9 Å². The Bertz CT molecular complexity index is 1530. The van der Waals surface area contributed by atoms with Crippen molar-refractivity contribution in [2.75, 3.05) is 11.4 Å². The summed E-state index contributed by atoms with van der Waals surface area (Å²) < 4.78 is 11.2. The van der Waals surface area contributed by atoms with Crippen molar-refractivity contribution in [1.29, 1.82) is 0 Å². The van der Waals surface area contributed by atoms with E-state index in [9.17, 15) is 19.2 Å². The fraction of sp³-hybridized carbons (Fsp3) is 0.143. The zero-order valence-corrected chi connectivity index (χ0v) is 20.2. The van der Waals surface area contributed by atoms with Crippen LogP contribution in [-0.4, -0.2) is 24.6 Å². The highest BCUT2D eigenvalue weighted by molar-refractivity contribution is 6.30. The molecular weight excluding hydrogens is 496 g/mol. The Balaban J connectivity index is 1.35. The summed E-state index contributed by atoms with van der Waals surface area (Å²) in [4.78, 5) is 51.9. The summed E-state index contributed by atoms with van der Waals surface area (Å²) in [6.07, 6.45) is -0.489. The quantitative estimate of drug-likeness (QED) is 0.365. The van der Waals surface area contributed by atoms with Crippen molar-refractivity contribution in [1.82, 2.24) is 5.32 Å². The molecule has 4 aromatic rings. The fourth-order valence-electron chi connectivity index (χ4n) is 4.23. The van der Waals surface area contributed by atoms with E-state index in [4.69, 9.17) is 21.1 Å². The van der Waals surface area contributed by atoms with Gasteiger partial charge in [-0.25, -0.2) is 4.79 Å². The number of halogens is 1. The molecule has 0 bridgehead atoms. The van der Waals surface area contributed by atoms with Crippen molar-refractivity contribution in [3.8, 4) is 22.6 Å². The van der Waals surface area contributed by atoms with Crippen LogP contribution >= 0.6 is 11.6 Å². The summed E-state index contributed by atoms with van der Waals surface area (Å²) in [5.74, 6) is 0.296. The number of para-hydroxylation sites is 1. The molecule has 0 unspecified atom stereocenters. The van der Waals surface area contributed by atoms with Gasteiger partial charge in [-0.05, 0) is 36.2 Å². The van der Waals surface area contributed by atoms with Crippen LogP contribution in [0.1, 0.15) is 12.0 Å². The Morgan fingerprint density at radius 1 is 0.946 bits per heavy atom. The van der Waals surface area contributed by atoms with Crippen LogP contribution in [0.3, 0.4) is 0 Å². The molecule has 8 nitrogen and oxygen atoms in total. The number of carbonyl (C=O) groups excluding carboxylic acids is 2. The number of anilines is 1. The number of benzene rings is 3. The lowest BCUT2D eigenvalue weighted by Crippen LogP contribution is -2.46. The molecule has 186 valence electrons. The highest BCUT2D eigenvalue weighted by atomic mass is 35.5. The molecule has 0 aliphatic carbocycles. The highest BCUT2D eigenvalue weighted by Gasteiger charge is 2.40. The summed E-state index contributed by atoms with van der Waals surface area (Å²) in [7, 11) is 0. The number of carbonyl (C=O) groups is 2. The highest BCUT2D eigenvalue weighted by Crippen LogP contribution is 2.39. The zero-order chi connectivity index (χ0) is 25.9. The molecule has 0 aromatic heterocycles. The molecule has 1 heterocycles. The lowest BCUT2D eigenvalue weighted by atomic mass is 9.96. The molecule has 37 heavy (non-hydrogen) atoms. The minimum Gasteiger partial charge on any atom is -0.457 e. The molecule has 1 aliphatic rings.